The molecule has 1 saturated carbocycles. The maximum absolute atomic E-state index is 4.69. The Hall–Kier alpha value is -1.38. The van der Waals surface area contributed by atoms with Gasteiger partial charge in [0, 0.05) is 19.3 Å². The van der Waals surface area contributed by atoms with Gasteiger partial charge in [-0.05, 0) is 37.3 Å². The van der Waals surface area contributed by atoms with Crippen LogP contribution in [0.3, 0.4) is 0 Å². The Kier molecular flexibility index (Phi) is 7.92. The van der Waals surface area contributed by atoms with Gasteiger partial charge in [-0.2, -0.15) is 0 Å². The standard InChI is InChI=1S/C18H28N6.HI/c1-3-19-18(20-12-15-9-5-4-8-14(15)2)21-13-17-23-22-16-10-6-7-11-24(16)17;/h6-7,10-11,14-15H,3-5,8-9,12-13H2,1-2H3,(H2,19,20,21);1H. The zero-order valence-electron chi connectivity index (χ0n) is 15.1. The number of halogens is 1. The van der Waals surface area contributed by atoms with Crippen molar-refractivity contribution >= 4 is 35.6 Å². The van der Waals surface area contributed by atoms with Gasteiger partial charge in [-0.15, -0.1) is 34.2 Å². The normalized spacial score (nSPS) is 21.0. The number of aromatic nitrogens is 3. The summed E-state index contributed by atoms with van der Waals surface area (Å²) in [6.07, 6.45) is 7.39. The van der Waals surface area contributed by atoms with E-state index in [4.69, 9.17) is 0 Å². The van der Waals surface area contributed by atoms with Gasteiger partial charge in [0.05, 0.1) is 0 Å². The van der Waals surface area contributed by atoms with E-state index >= 15 is 0 Å². The molecule has 0 radical (unpaired) electrons. The molecule has 1 fully saturated rings. The van der Waals surface area contributed by atoms with E-state index in [1.807, 2.05) is 28.8 Å². The lowest BCUT2D eigenvalue weighted by Gasteiger charge is -2.29. The summed E-state index contributed by atoms with van der Waals surface area (Å²) in [7, 11) is 0. The zero-order chi connectivity index (χ0) is 16.8. The summed E-state index contributed by atoms with van der Waals surface area (Å²) >= 11 is 0. The van der Waals surface area contributed by atoms with Crippen molar-refractivity contribution in [1.82, 2.24) is 25.2 Å². The second-order valence-electron chi connectivity index (χ2n) is 6.64. The first kappa shape index (κ1) is 19.9. The fourth-order valence-corrected chi connectivity index (χ4v) is 3.41. The third-order valence-electron chi connectivity index (χ3n) is 4.93. The molecule has 2 unspecified atom stereocenters. The third-order valence-corrected chi connectivity index (χ3v) is 4.93. The van der Waals surface area contributed by atoms with E-state index in [0.717, 1.165) is 42.4 Å². The zero-order valence-corrected chi connectivity index (χ0v) is 17.4. The van der Waals surface area contributed by atoms with E-state index in [-0.39, 0.29) is 24.0 Å². The topological polar surface area (TPSA) is 66.6 Å². The van der Waals surface area contributed by atoms with Crippen LogP contribution in [0.4, 0.5) is 0 Å². The van der Waals surface area contributed by atoms with Gasteiger partial charge >= 0.3 is 0 Å². The number of guanidine groups is 1. The summed E-state index contributed by atoms with van der Waals surface area (Å²) < 4.78 is 1.98. The molecular formula is C18H29IN6. The van der Waals surface area contributed by atoms with Crippen LogP contribution in [0.2, 0.25) is 0 Å². The highest BCUT2D eigenvalue weighted by molar-refractivity contribution is 14.0. The first-order valence-corrected chi connectivity index (χ1v) is 9.08. The largest absolute Gasteiger partial charge is 0.357 e. The molecule has 0 saturated heterocycles. The molecule has 25 heavy (non-hydrogen) atoms. The quantitative estimate of drug-likeness (QED) is 0.412. The number of aliphatic imine (C=N–C) groups is 1. The molecule has 2 heterocycles. The average molecular weight is 456 g/mol. The molecule has 2 aromatic heterocycles. The van der Waals surface area contributed by atoms with E-state index in [1.54, 1.807) is 0 Å². The molecule has 1 aliphatic carbocycles. The number of hydrogen-bond donors (Lipinski definition) is 2. The van der Waals surface area contributed by atoms with E-state index in [0.29, 0.717) is 6.54 Å². The number of pyridine rings is 1. The number of rotatable bonds is 5. The van der Waals surface area contributed by atoms with Gasteiger partial charge in [0.2, 0.25) is 0 Å². The van der Waals surface area contributed by atoms with Crippen LogP contribution < -0.4 is 10.6 Å². The molecule has 0 aromatic carbocycles. The lowest BCUT2D eigenvalue weighted by Crippen LogP contribution is -2.41. The molecule has 0 bridgehead atoms. The summed E-state index contributed by atoms with van der Waals surface area (Å²) in [6.45, 7) is 6.83. The van der Waals surface area contributed by atoms with Crippen LogP contribution in [-0.4, -0.2) is 33.6 Å². The lowest BCUT2D eigenvalue weighted by atomic mass is 9.80. The van der Waals surface area contributed by atoms with Crippen molar-refractivity contribution in [3.05, 3.63) is 30.2 Å². The van der Waals surface area contributed by atoms with E-state index in [9.17, 15) is 0 Å². The van der Waals surface area contributed by atoms with E-state index in [2.05, 4.69) is 39.7 Å². The smallest absolute Gasteiger partial charge is 0.191 e. The van der Waals surface area contributed by atoms with Crippen LogP contribution in [0.5, 0.6) is 0 Å². The van der Waals surface area contributed by atoms with Crippen molar-refractivity contribution < 1.29 is 0 Å². The molecule has 3 rings (SSSR count). The molecule has 0 spiro atoms. The second kappa shape index (κ2) is 9.94. The summed E-state index contributed by atoms with van der Waals surface area (Å²) in [5.74, 6) is 3.27. The van der Waals surface area contributed by atoms with Crippen LogP contribution in [-0.2, 0) is 6.54 Å². The molecule has 2 N–H and O–H groups in total. The van der Waals surface area contributed by atoms with Gasteiger partial charge in [-0.25, -0.2) is 4.99 Å². The van der Waals surface area contributed by atoms with Crippen LogP contribution >= 0.6 is 24.0 Å². The van der Waals surface area contributed by atoms with Crippen LogP contribution in [0.15, 0.2) is 29.4 Å². The first-order chi connectivity index (χ1) is 11.8. The van der Waals surface area contributed by atoms with Gasteiger partial charge in [0.25, 0.3) is 0 Å². The van der Waals surface area contributed by atoms with Gasteiger partial charge < -0.3 is 10.6 Å². The van der Waals surface area contributed by atoms with Crippen molar-refractivity contribution in [2.24, 2.45) is 16.8 Å². The Balaban J connectivity index is 0.00000225. The van der Waals surface area contributed by atoms with Crippen molar-refractivity contribution in [3.8, 4) is 0 Å². The average Bonchev–Trinajstić information content (AvgIpc) is 3.02. The van der Waals surface area contributed by atoms with Crippen LogP contribution in [0.25, 0.3) is 5.65 Å². The maximum atomic E-state index is 4.69. The minimum Gasteiger partial charge on any atom is -0.357 e. The SMILES string of the molecule is CCNC(=NCc1nnc2ccccn12)NCC1CCCCC1C.I. The second-order valence-corrected chi connectivity index (χ2v) is 6.64. The molecule has 7 heteroatoms. The first-order valence-electron chi connectivity index (χ1n) is 9.08. The highest BCUT2D eigenvalue weighted by Gasteiger charge is 2.21. The lowest BCUT2D eigenvalue weighted by molar-refractivity contribution is 0.256. The van der Waals surface area contributed by atoms with Gasteiger partial charge in [-0.3, -0.25) is 4.40 Å². The molecular weight excluding hydrogens is 427 g/mol. The predicted molar refractivity (Wildman–Crippen MR) is 112 cm³/mol. The summed E-state index contributed by atoms with van der Waals surface area (Å²) in [6, 6.07) is 5.90. The van der Waals surface area contributed by atoms with Gasteiger partial charge in [0.15, 0.2) is 17.4 Å². The van der Waals surface area contributed by atoms with Crippen molar-refractivity contribution in [3.63, 3.8) is 0 Å². The number of hydrogen-bond acceptors (Lipinski definition) is 3. The van der Waals surface area contributed by atoms with Gasteiger partial charge in [-0.1, -0.05) is 32.3 Å². The monoisotopic (exact) mass is 456 g/mol. The Labute approximate surface area is 166 Å². The van der Waals surface area contributed by atoms with Crippen LogP contribution in [0, 0.1) is 11.8 Å². The van der Waals surface area contributed by atoms with Crippen molar-refractivity contribution in [1.29, 1.82) is 0 Å². The summed E-state index contributed by atoms with van der Waals surface area (Å²) in [4.78, 5) is 4.69. The minimum atomic E-state index is 0. The molecule has 2 aromatic rings. The van der Waals surface area contributed by atoms with E-state index < -0.39 is 0 Å². The van der Waals surface area contributed by atoms with Gasteiger partial charge in [0.1, 0.15) is 6.54 Å². The molecule has 0 amide bonds. The van der Waals surface area contributed by atoms with Crippen molar-refractivity contribution in [2.75, 3.05) is 13.1 Å². The number of nitrogens with one attached hydrogen (secondary N) is 2. The third kappa shape index (κ3) is 5.29. The fraction of sp³-hybridized carbons (Fsp3) is 0.611. The Morgan fingerprint density at radius 2 is 2.08 bits per heavy atom. The number of nitrogens with zero attached hydrogens (tertiary/aromatic N) is 4. The fourth-order valence-electron chi connectivity index (χ4n) is 3.41. The minimum absolute atomic E-state index is 0. The maximum Gasteiger partial charge on any atom is 0.191 e. The predicted octanol–water partition coefficient (Wildman–Crippen LogP) is 3.23. The van der Waals surface area contributed by atoms with E-state index in [1.165, 1.54) is 25.7 Å². The molecule has 6 nitrogen and oxygen atoms in total. The Bertz CT molecular complexity index is 683. The highest BCUT2D eigenvalue weighted by atomic mass is 127. The number of fused-ring (bicyclic) bond motifs is 1. The molecule has 2 atom stereocenters. The Morgan fingerprint density at radius 1 is 1.24 bits per heavy atom. The van der Waals surface area contributed by atoms with Crippen LogP contribution in [0.1, 0.15) is 45.4 Å². The molecule has 138 valence electrons. The highest BCUT2D eigenvalue weighted by Crippen LogP contribution is 2.28. The Morgan fingerprint density at radius 3 is 2.88 bits per heavy atom. The summed E-state index contributed by atoms with van der Waals surface area (Å²) in [5.41, 5.74) is 0.858. The molecule has 0 aliphatic heterocycles. The summed E-state index contributed by atoms with van der Waals surface area (Å²) in [5, 5.41) is 15.3. The molecule has 1 aliphatic rings. The van der Waals surface area contributed by atoms with Crippen molar-refractivity contribution in [2.45, 2.75) is 46.1 Å².